The van der Waals surface area contributed by atoms with E-state index in [1.165, 1.54) is 0 Å². The second kappa shape index (κ2) is 4.58. The van der Waals surface area contributed by atoms with Gasteiger partial charge in [0.05, 0.1) is 0 Å². The number of para-hydroxylation sites is 1. The first-order chi connectivity index (χ1) is 8.05. The van der Waals surface area contributed by atoms with Crippen molar-refractivity contribution in [3.63, 3.8) is 0 Å². The molecule has 0 amide bonds. The van der Waals surface area contributed by atoms with Crippen LogP contribution in [0.2, 0.25) is 0 Å². The molecule has 17 heavy (non-hydrogen) atoms. The Bertz CT molecular complexity index is 590. The van der Waals surface area contributed by atoms with E-state index >= 15 is 0 Å². The summed E-state index contributed by atoms with van der Waals surface area (Å²) >= 11 is 0. The van der Waals surface area contributed by atoms with Crippen LogP contribution >= 0.6 is 0 Å². The van der Waals surface area contributed by atoms with E-state index < -0.39 is 10.0 Å². The molecule has 6 heteroatoms. The summed E-state index contributed by atoms with van der Waals surface area (Å²) in [6.07, 6.45) is 0. The van der Waals surface area contributed by atoms with E-state index in [9.17, 15) is 8.42 Å². The van der Waals surface area contributed by atoms with Gasteiger partial charge in [-0.05, 0) is 19.1 Å². The number of aromatic nitrogens is 1. The van der Waals surface area contributed by atoms with Crippen LogP contribution in [0, 0.1) is 6.92 Å². The molecular formula is C11H12N2O3S. The van der Waals surface area contributed by atoms with Crippen molar-refractivity contribution in [2.75, 3.05) is 4.72 Å². The topological polar surface area (TPSA) is 72.2 Å². The van der Waals surface area contributed by atoms with Crippen molar-refractivity contribution in [2.24, 2.45) is 0 Å². The van der Waals surface area contributed by atoms with Gasteiger partial charge in [0.1, 0.15) is 17.2 Å². The Hall–Kier alpha value is -1.82. The molecule has 1 aromatic carbocycles. The maximum absolute atomic E-state index is 11.8. The molecule has 2 rings (SSSR count). The fourth-order valence-corrected chi connectivity index (χ4v) is 2.50. The fourth-order valence-electron chi connectivity index (χ4n) is 1.40. The third-order valence-corrected chi connectivity index (χ3v) is 3.28. The van der Waals surface area contributed by atoms with Gasteiger partial charge in [0.25, 0.3) is 0 Å². The van der Waals surface area contributed by atoms with Crippen molar-refractivity contribution in [2.45, 2.75) is 12.7 Å². The number of nitrogens with zero attached hydrogens (tertiary/aromatic N) is 1. The molecule has 0 unspecified atom stereocenters. The van der Waals surface area contributed by atoms with Crippen molar-refractivity contribution >= 4 is 15.7 Å². The normalized spacial score (nSPS) is 11.4. The van der Waals surface area contributed by atoms with Gasteiger partial charge in [0.2, 0.25) is 10.0 Å². The number of rotatable bonds is 4. The molecule has 5 nitrogen and oxygen atoms in total. The van der Waals surface area contributed by atoms with E-state index in [1.54, 1.807) is 37.3 Å². The van der Waals surface area contributed by atoms with Gasteiger partial charge in [-0.3, -0.25) is 4.72 Å². The van der Waals surface area contributed by atoms with Gasteiger partial charge >= 0.3 is 0 Å². The maximum Gasteiger partial charge on any atom is 0.238 e. The van der Waals surface area contributed by atoms with Gasteiger partial charge in [-0.25, -0.2) is 8.42 Å². The van der Waals surface area contributed by atoms with Gasteiger partial charge in [-0.1, -0.05) is 23.4 Å². The number of hydrogen-bond acceptors (Lipinski definition) is 4. The van der Waals surface area contributed by atoms with Crippen LogP contribution in [0.5, 0.6) is 0 Å². The van der Waals surface area contributed by atoms with E-state index in [0.29, 0.717) is 17.1 Å². The molecule has 0 aliphatic carbocycles. The average molecular weight is 252 g/mol. The standard InChI is InChI=1S/C11H12N2O3S/c1-9-7-11(12-16-9)8-17(14,15)13-10-5-3-2-4-6-10/h2-7,13H,8H2,1H3. The third kappa shape index (κ3) is 3.32. The monoisotopic (exact) mass is 252 g/mol. The Morgan fingerprint density at radius 2 is 2.00 bits per heavy atom. The summed E-state index contributed by atoms with van der Waals surface area (Å²) in [5.41, 5.74) is 0.929. The number of hydrogen-bond donors (Lipinski definition) is 1. The van der Waals surface area contributed by atoms with Crippen LogP contribution in [-0.2, 0) is 15.8 Å². The summed E-state index contributed by atoms with van der Waals surface area (Å²) in [4.78, 5) is 0. The van der Waals surface area contributed by atoms with Crippen LogP contribution in [-0.4, -0.2) is 13.6 Å². The lowest BCUT2D eigenvalue weighted by atomic mass is 10.3. The largest absolute Gasteiger partial charge is 0.361 e. The van der Waals surface area contributed by atoms with Crippen LogP contribution in [0.15, 0.2) is 40.9 Å². The van der Waals surface area contributed by atoms with Crippen LogP contribution in [0.3, 0.4) is 0 Å². The SMILES string of the molecule is Cc1cc(CS(=O)(=O)Nc2ccccc2)no1. The molecule has 0 atom stereocenters. The first-order valence-electron chi connectivity index (χ1n) is 5.03. The molecule has 1 heterocycles. The highest BCUT2D eigenvalue weighted by molar-refractivity contribution is 7.91. The summed E-state index contributed by atoms with van der Waals surface area (Å²) in [6.45, 7) is 1.72. The van der Waals surface area contributed by atoms with Crippen molar-refractivity contribution in [1.29, 1.82) is 0 Å². The van der Waals surface area contributed by atoms with Gasteiger partial charge in [-0.15, -0.1) is 0 Å². The molecular weight excluding hydrogens is 240 g/mol. The summed E-state index contributed by atoms with van der Waals surface area (Å²) in [7, 11) is -3.45. The predicted molar refractivity (Wildman–Crippen MR) is 63.9 cm³/mol. The molecule has 0 bridgehead atoms. The Kier molecular flexibility index (Phi) is 3.14. The summed E-state index contributed by atoms with van der Waals surface area (Å²) in [5, 5.41) is 3.65. The molecule has 0 saturated heterocycles. The zero-order valence-corrected chi connectivity index (χ0v) is 10.1. The highest BCUT2D eigenvalue weighted by Gasteiger charge is 2.14. The van der Waals surface area contributed by atoms with Crippen LogP contribution in [0.4, 0.5) is 5.69 Å². The highest BCUT2D eigenvalue weighted by atomic mass is 32.2. The van der Waals surface area contributed by atoms with E-state index in [4.69, 9.17) is 4.52 Å². The lowest BCUT2D eigenvalue weighted by molar-refractivity contribution is 0.392. The molecule has 0 fully saturated rings. The maximum atomic E-state index is 11.8. The zero-order valence-electron chi connectivity index (χ0n) is 9.25. The van der Waals surface area contributed by atoms with Crippen LogP contribution < -0.4 is 4.72 Å². The number of nitrogens with one attached hydrogen (secondary N) is 1. The minimum Gasteiger partial charge on any atom is -0.361 e. The molecule has 0 aliphatic rings. The van der Waals surface area contributed by atoms with Crippen LogP contribution in [0.25, 0.3) is 0 Å². The second-order valence-electron chi connectivity index (χ2n) is 3.66. The number of sulfonamides is 1. The lowest BCUT2D eigenvalue weighted by Crippen LogP contribution is -2.15. The van der Waals surface area contributed by atoms with Crippen molar-refractivity contribution in [1.82, 2.24) is 5.16 Å². The lowest BCUT2D eigenvalue weighted by Gasteiger charge is -2.05. The molecule has 0 aliphatic heterocycles. The Balaban J connectivity index is 2.10. The van der Waals surface area contributed by atoms with E-state index in [0.717, 1.165) is 0 Å². The predicted octanol–water partition coefficient (Wildman–Crippen LogP) is 1.92. The minimum absolute atomic E-state index is 0.195. The molecule has 0 saturated carbocycles. The average Bonchev–Trinajstić information content (AvgIpc) is 2.63. The number of aryl methyl sites for hydroxylation is 1. The molecule has 1 N–H and O–H groups in total. The Morgan fingerprint density at radius 1 is 1.29 bits per heavy atom. The molecule has 2 aromatic rings. The quantitative estimate of drug-likeness (QED) is 0.902. The minimum atomic E-state index is -3.45. The van der Waals surface area contributed by atoms with Crippen molar-refractivity contribution in [3.05, 3.63) is 47.9 Å². The van der Waals surface area contributed by atoms with Gasteiger partial charge < -0.3 is 4.52 Å². The molecule has 0 spiro atoms. The highest BCUT2D eigenvalue weighted by Crippen LogP contribution is 2.12. The summed E-state index contributed by atoms with van der Waals surface area (Å²) in [6, 6.07) is 10.3. The Morgan fingerprint density at radius 3 is 2.59 bits per heavy atom. The number of anilines is 1. The molecule has 1 aromatic heterocycles. The zero-order chi connectivity index (χ0) is 12.3. The van der Waals surface area contributed by atoms with Crippen molar-refractivity contribution in [3.8, 4) is 0 Å². The molecule has 0 radical (unpaired) electrons. The first-order valence-corrected chi connectivity index (χ1v) is 6.68. The van der Waals surface area contributed by atoms with Crippen LogP contribution in [0.1, 0.15) is 11.5 Å². The smallest absolute Gasteiger partial charge is 0.238 e. The van der Waals surface area contributed by atoms with Crippen molar-refractivity contribution < 1.29 is 12.9 Å². The summed E-state index contributed by atoms with van der Waals surface area (Å²) in [5.74, 6) is 0.397. The first kappa shape index (κ1) is 11.7. The van der Waals surface area contributed by atoms with Gasteiger partial charge in [-0.2, -0.15) is 0 Å². The van der Waals surface area contributed by atoms with Gasteiger partial charge in [0, 0.05) is 11.8 Å². The second-order valence-corrected chi connectivity index (χ2v) is 5.38. The number of benzene rings is 1. The molecule has 90 valence electrons. The fraction of sp³-hybridized carbons (Fsp3) is 0.182. The van der Waals surface area contributed by atoms with E-state index in [1.807, 2.05) is 6.07 Å². The summed E-state index contributed by atoms with van der Waals surface area (Å²) < 4.78 is 30.9. The van der Waals surface area contributed by atoms with E-state index in [-0.39, 0.29) is 5.75 Å². The third-order valence-electron chi connectivity index (χ3n) is 2.06. The Labute approximate surface area is 99.5 Å². The van der Waals surface area contributed by atoms with E-state index in [2.05, 4.69) is 9.88 Å². The van der Waals surface area contributed by atoms with Gasteiger partial charge in [0.15, 0.2) is 0 Å².